The summed E-state index contributed by atoms with van der Waals surface area (Å²) in [4.78, 5) is 12.0. The molecule has 9 heteroatoms. The van der Waals surface area contributed by atoms with Crippen LogP contribution in [0.5, 0.6) is 5.75 Å². The lowest BCUT2D eigenvalue weighted by atomic mass is 10.2. The quantitative estimate of drug-likeness (QED) is 0.659. The van der Waals surface area contributed by atoms with E-state index < -0.39 is 10.0 Å². The Morgan fingerprint density at radius 3 is 2.48 bits per heavy atom. The molecule has 1 aliphatic rings. The molecule has 1 saturated carbocycles. The third-order valence-corrected chi connectivity index (χ3v) is 6.47. The largest absolute Gasteiger partial charge is 0.482 e. The highest BCUT2D eigenvalue weighted by Crippen LogP contribution is 2.28. The minimum Gasteiger partial charge on any atom is -0.482 e. The highest BCUT2D eigenvalue weighted by atomic mass is 35.5. The molecule has 0 heterocycles. The number of benzene rings is 2. The van der Waals surface area contributed by atoms with Crippen molar-refractivity contribution < 1.29 is 22.3 Å². The van der Waals surface area contributed by atoms with Gasteiger partial charge in [0.25, 0.3) is 5.91 Å². The van der Waals surface area contributed by atoms with E-state index in [0.29, 0.717) is 0 Å². The molecule has 2 N–H and O–H groups in total. The van der Waals surface area contributed by atoms with Crippen LogP contribution in [0.2, 0.25) is 5.02 Å². The van der Waals surface area contributed by atoms with Crippen LogP contribution in [0.3, 0.4) is 0 Å². The number of rotatable bonds is 8. The molecule has 1 amide bonds. The van der Waals surface area contributed by atoms with Gasteiger partial charge < -0.3 is 10.1 Å². The maximum atomic E-state index is 12.9. The lowest BCUT2D eigenvalue weighted by molar-refractivity contribution is -0.123. The first kappa shape index (κ1) is 21.5. The normalized spacial score (nSPS) is 14.7. The van der Waals surface area contributed by atoms with Gasteiger partial charge in [-0.2, -0.15) is 0 Å². The summed E-state index contributed by atoms with van der Waals surface area (Å²) in [6, 6.07) is 9.87. The summed E-state index contributed by atoms with van der Waals surface area (Å²) in [7, 11) is -3.65. The van der Waals surface area contributed by atoms with Gasteiger partial charge in [-0.3, -0.25) is 4.79 Å². The van der Waals surface area contributed by atoms with Crippen LogP contribution in [0.1, 0.15) is 31.2 Å². The van der Waals surface area contributed by atoms with E-state index in [4.69, 9.17) is 16.3 Å². The van der Waals surface area contributed by atoms with Gasteiger partial charge in [-0.1, -0.05) is 36.6 Å². The van der Waals surface area contributed by atoms with Crippen LogP contribution in [-0.2, 0) is 21.4 Å². The van der Waals surface area contributed by atoms with Crippen molar-refractivity contribution in [1.29, 1.82) is 0 Å². The number of amides is 1. The highest BCUT2D eigenvalue weighted by molar-refractivity contribution is 7.89. The molecule has 0 saturated heterocycles. The van der Waals surface area contributed by atoms with Crippen molar-refractivity contribution >= 4 is 27.5 Å². The Morgan fingerprint density at radius 2 is 1.83 bits per heavy atom. The molecule has 2 aromatic carbocycles. The first-order chi connectivity index (χ1) is 13.8. The highest BCUT2D eigenvalue weighted by Gasteiger charge is 2.23. The summed E-state index contributed by atoms with van der Waals surface area (Å²) in [5.74, 6) is -0.518. The fourth-order valence-electron chi connectivity index (χ4n) is 3.09. The van der Waals surface area contributed by atoms with E-state index in [1.165, 1.54) is 30.3 Å². The van der Waals surface area contributed by atoms with Crippen molar-refractivity contribution in [2.45, 2.75) is 43.2 Å². The van der Waals surface area contributed by atoms with Gasteiger partial charge in [0.2, 0.25) is 10.0 Å². The van der Waals surface area contributed by atoms with Crippen molar-refractivity contribution in [3.8, 4) is 5.75 Å². The van der Waals surface area contributed by atoms with Gasteiger partial charge in [-0.05, 0) is 48.7 Å². The van der Waals surface area contributed by atoms with E-state index in [9.17, 15) is 17.6 Å². The minimum absolute atomic E-state index is 0.0421. The average Bonchev–Trinajstić information content (AvgIpc) is 3.18. The number of hydrogen-bond donors (Lipinski definition) is 2. The fraction of sp³-hybridized carbons (Fsp3) is 0.350. The van der Waals surface area contributed by atoms with Crippen molar-refractivity contribution in [3.63, 3.8) is 0 Å². The summed E-state index contributed by atoms with van der Waals surface area (Å²) < 4.78 is 45.9. The molecule has 1 aliphatic carbocycles. The maximum absolute atomic E-state index is 12.9. The topological polar surface area (TPSA) is 84.5 Å². The molecule has 29 heavy (non-hydrogen) atoms. The first-order valence-corrected chi connectivity index (χ1v) is 11.2. The van der Waals surface area contributed by atoms with Crippen LogP contribution >= 0.6 is 11.6 Å². The van der Waals surface area contributed by atoms with Crippen LogP contribution in [0.15, 0.2) is 47.4 Å². The Kier molecular flexibility index (Phi) is 7.10. The monoisotopic (exact) mass is 440 g/mol. The molecule has 0 unspecified atom stereocenters. The zero-order valence-corrected chi connectivity index (χ0v) is 17.2. The van der Waals surface area contributed by atoms with Gasteiger partial charge in [0.15, 0.2) is 6.61 Å². The molecule has 0 spiro atoms. The van der Waals surface area contributed by atoms with E-state index >= 15 is 0 Å². The molecule has 0 aromatic heterocycles. The SMILES string of the molecule is O=C(COc1ccc(S(=O)(=O)NC2CCCC2)cc1Cl)NCc1ccc(F)cc1. The zero-order valence-electron chi connectivity index (χ0n) is 15.7. The van der Waals surface area contributed by atoms with E-state index in [2.05, 4.69) is 10.0 Å². The molecule has 3 rings (SSSR count). The van der Waals surface area contributed by atoms with Crippen LogP contribution in [-0.4, -0.2) is 27.0 Å². The van der Waals surface area contributed by atoms with E-state index in [-0.39, 0.29) is 46.6 Å². The van der Waals surface area contributed by atoms with Gasteiger partial charge in [-0.25, -0.2) is 17.5 Å². The molecular weight excluding hydrogens is 419 g/mol. The molecule has 6 nitrogen and oxygen atoms in total. The predicted octanol–water partition coefficient (Wildman–Crippen LogP) is 3.40. The van der Waals surface area contributed by atoms with Crippen LogP contribution in [0, 0.1) is 5.82 Å². The van der Waals surface area contributed by atoms with Crippen molar-refractivity contribution in [1.82, 2.24) is 10.0 Å². The Labute approximate surface area is 174 Å². The van der Waals surface area contributed by atoms with Crippen molar-refractivity contribution in [2.24, 2.45) is 0 Å². The van der Waals surface area contributed by atoms with Gasteiger partial charge in [0, 0.05) is 12.6 Å². The van der Waals surface area contributed by atoms with Crippen LogP contribution in [0.25, 0.3) is 0 Å². The van der Waals surface area contributed by atoms with Gasteiger partial charge in [0.1, 0.15) is 11.6 Å². The number of carbonyl (C=O) groups excluding carboxylic acids is 1. The number of nitrogens with one attached hydrogen (secondary N) is 2. The molecule has 2 aromatic rings. The Hall–Kier alpha value is -2.16. The Bertz CT molecular complexity index is 961. The average molecular weight is 441 g/mol. The number of carbonyl (C=O) groups is 1. The second-order valence-electron chi connectivity index (χ2n) is 6.89. The number of ether oxygens (including phenoxy) is 1. The van der Waals surface area contributed by atoms with E-state index in [1.54, 1.807) is 12.1 Å². The van der Waals surface area contributed by atoms with Gasteiger partial charge in [0.05, 0.1) is 9.92 Å². The summed E-state index contributed by atoms with van der Waals surface area (Å²) >= 11 is 6.14. The molecule has 0 aliphatic heterocycles. The molecule has 0 atom stereocenters. The molecule has 0 bridgehead atoms. The molecule has 0 radical (unpaired) electrons. The number of hydrogen-bond acceptors (Lipinski definition) is 4. The Balaban J connectivity index is 1.53. The van der Waals surface area contributed by atoms with Crippen molar-refractivity contribution in [3.05, 3.63) is 58.9 Å². The van der Waals surface area contributed by atoms with Gasteiger partial charge in [-0.15, -0.1) is 0 Å². The molecular formula is C20H22ClFN2O4S. The van der Waals surface area contributed by atoms with Crippen LogP contribution in [0.4, 0.5) is 4.39 Å². The van der Waals surface area contributed by atoms with Crippen LogP contribution < -0.4 is 14.8 Å². The minimum atomic E-state index is -3.65. The third kappa shape index (κ3) is 6.16. The van der Waals surface area contributed by atoms with Gasteiger partial charge >= 0.3 is 0 Å². The lowest BCUT2D eigenvalue weighted by Gasteiger charge is -2.14. The molecule has 156 valence electrons. The second-order valence-corrected chi connectivity index (χ2v) is 9.01. The first-order valence-electron chi connectivity index (χ1n) is 9.29. The summed E-state index contributed by atoms with van der Waals surface area (Å²) in [6.07, 6.45) is 3.70. The van der Waals surface area contributed by atoms with E-state index in [1.807, 2.05) is 0 Å². The van der Waals surface area contributed by atoms with Crippen molar-refractivity contribution in [2.75, 3.05) is 6.61 Å². The molecule has 1 fully saturated rings. The van der Waals surface area contributed by atoms with E-state index in [0.717, 1.165) is 31.2 Å². The summed E-state index contributed by atoms with van der Waals surface area (Å²) in [6.45, 7) is -0.0481. The summed E-state index contributed by atoms with van der Waals surface area (Å²) in [5.41, 5.74) is 0.752. The maximum Gasteiger partial charge on any atom is 0.258 e. The lowest BCUT2D eigenvalue weighted by Crippen LogP contribution is -2.32. The standard InChI is InChI=1S/C20H22ClFN2O4S/c21-18-11-17(29(26,27)24-16-3-1-2-4-16)9-10-19(18)28-13-20(25)23-12-14-5-7-15(22)8-6-14/h5-11,16,24H,1-4,12-13H2,(H,23,25). The predicted molar refractivity (Wildman–Crippen MR) is 108 cm³/mol. The third-order valence-electron chi connectivity index (χ3n) is 4.65. The summed E-state index contributed by atoms with van der Waals surface area (Å²) in [5, 5.41) is 2.75. The second kappa shape index (κ2) is 9.56. The number of sulfonamides is 1. The number of halogens is 2. The fourth-order valence-corrected chi connectivity index (χ4v) is 4.72. The zero-order chi connectivity index (χ0) is 20.9. The Morgan fingerprint density at radius 1 is 1.14 bits per heavy atom. The smallest absolute Gasteiger partial charge is 0.258 e.